The third-order valence-electron chi connectivity index (χ3n) is 3.75. The van der Waals surface area contributed by atoms with Crippen LogP contribution in [0.15, 0.2) is 42.6 Å². The van der Waals surface area contributed by atoms with E-state index in [2.05, 4.69) is 46.8 Å². The van der Waals surface area contributed by atoms with E-state index in [1.54, 1.807) is 0 Å². The van der Waals surface area contributed by atoms with E-state index in [0.717, 1.165) is 25.9 Å². The molecule has 1 fully saturated rings. The van der Waals surface area contributed by atoms with Gasteiger partial charge in [-0.1, -0.05) is 30.3 Å². The summed E-state index contributed by atoms with van der Waals surface area (Å²) in [7, 11) is 1.98. The molecule has 3 nitrogen and oxygen atoms in total. The minimum atomic E-state index is 0.357. The summed E-state index contributed by atoms with van der Waals surface area (Å²) >= 11 is 0. The van der Waals surface area contributed by atoms with E-state index in [9.17, 15) is 0 Å². The molecule has 1 aliphatic heterocycles. The molecule has 0 radical (unpaired) electrons. The first-order chi connectivity index (χ1) is 8.76. The van der Waals surface area contributed by atoms with Crippen LogP contribution in [0.4, 0.5) is 0 Å². The summed E-state index contributed by atoms with van der Waals surface area (Å²) in [6.45, 7) is 2.19. The maximum atomic E-state index is 4.51. The maximum absolute atomic E-state index is 4.51. The van der Waals surface area contributed by atoms with Gasteiger partial charge in [0, 0.05) is 31.7 Å². The lowest BCUT2D eigenvalue weighted by molar-refractivity contribution is 0.165. The third-order valence-corrected chi connectivity index (χ3v) is 3.75. The molecule has 0 atom stereocenters. The van der Waals surface area contributed by atoms with Crippen LogP contribution in [0.1, 0.15) is 11.3 Å². The molecule has 2 aromatic rings. The highest BCUT2D eigenvalue weighted by Crippen LogP contribution is 2.31. The summed E-state index contributed by atoms with van der Waals surface area (Å²) in [6.07, 6.45) is 4.23. The Morgan fingerprint density at radius 1 is 1.17 bits per heavy atom. The average Bonchev–Trinajstić information content (AvgIpc) is 2.73. The van der Waals surface area contributed by atoms with E-state index in [0.29, 0.717) is 5.41 Å². The van der Waals surface area contributed by atoms with Gasteiger partial charge in [-0.2, -0.15) is 5.10 Å². The Hall–Kier alpha value is -1.61. The van der Waals surface area contributed by atoms with Crippen molar-refractivity contribution in [3.05, 3.63) is 53.9 Å². The zero-order chi connectivity index (χ0) is 12.4. The minimum Gasteiger partial charge on any atom is -0.315 e. The lowest BCUT2D eigenvalue weighted by Gasteiger charge is -2.42. The first-order valence-electron chi connectivity index (χ1n) is 6.49. The number of nitrogens with zero attached hydrogens (tertiary/aromatic N) is 2. The van der Waals surface area contributed by atoms with Crippen LogP contribution in [0.2, 0.25) is 0 Å². The van der Waals surface area contributed by atoms with Crippen molar-refractivity contribution in [2.24, 2.45) is 12.5 Å². The highest BCUT2D eigenvalue weighted by molar-refractivity contribution is 5.19. The monoisotopic (exact) mass is 241 g/mol. The molecule has 1 aliphatic rings. The fraction of sp³-hybridized carbons (Fsp3) is 0.400. The molecule has 0 amide bonds. The summed E-state index contributed by atoms with van der Waals surface area (Å²) in [6, 6.07) is 12.9. The summed E-state index contributed by atoms with van der Waals surface area (Å²) in [5.41, 5.74) is 2.99. The molecule has 94 valence electrons. The molecule has 1 aromatic carbocycles. The van der Waals surface area contributed by atoms with Crippen molar-refractivity contribution in [2.75, 3.05) is 13.1 Å². The second-order valence-electron chi connectivity index (χ2n) is 5.42. The SMILES string of the molecule is Cn1ccc(CC2(Cc3ccccc3)CNC2)n1. The first kappa shape index (κ1) is 11.5. The van der Waals surface area contributed by atoms with Gasteiger partial charge in [0.25, 0.3) is 0 Å². The lowest BCUT2D eigenvalue weighted by atomic mass is 9.73. The Morgan fingerprint density at radius 3 is 2.50 bits per heavy atom. The Balaban J connectivity index is 1.74. The molecule has 3 rings (SSSR count). The molecule has 1 aromatic heterocycles. The lowest BCUT2D eigenvalue weighted by Crippen LogP contribution is -2.56. The van der Waals surface area contributed by atoms with Crippen LogP contribution in [0.25, 0.3) is 0 Å². The Labute approximate surface area is 108 Å². The smallest absolute Gasteiger partial charge is 0.0631 e. The van der Waals surface area contributed by atoms with Crippen LogP contribution >= 0.6 is 0 Å². The van der Waals surface area contributed by atoms with Crippen LogP contribution in [-0.2, 0) is 19.9 Å². The number of aromatic nitrogens is 2. The quantitative estimate of drug-likeness (QED) is 0.884. The molecule has 0 spiro atoms. The van der Waals surface area contributed by atoms with Crippen molar-refractivity contribution < 1.29 is 0 Å². The van der Waals surface area contributed by atoms with E-state index in [-0.39, 0.29) is 0 Å². The molecular formula is C15H19N3. The van der Waals surface area contributed by atoms with E-state index < -0.39 is 0 Å². The molecule has 1 saturated heterocycles. The molecule has 0 aliphatic carbocycles. The molecule has 18 heavy (non-hydrogen) atoms. The van der Waals surface area contributed by atoms with E-state index in [4.69, 9.17) is 0 Å². The predicted molar refractivity (Wildman–Crippen MR) is 72.4 cm³/mol. The average molecular weight is 241 g/mol. The third kappa shape index (κ3) is 2.31. The second kappa shape index (κ2) is 4.58. The molecule has 0 unspecified atom stereocenters. The van der Waals surface area contributed by atoms with Gasteiger partial charge in [-0.3, -0.25) is 4.68 Å². The normalized spacial score (nSPS) is 17.4. The van der Waals surface area contributed by atoms with Crippen molar-refractivity contribution in [3.63, 3.8) is 0 Å². The van der Waals surface area contributed by atoms with E-state index >= 15 is 0 Å². The van der Waals surface area contributed by atoms with Gasteiger partial charge in [0.1, 0.15) is 0 Å². The Kier molecular flexibility index (Phi) is 2.92. The summed E-state index contributed by atoms with van der Waals surface area (Å²) in [5, 5.41) is 7.92. The zero-order valence-corrected chi connectivity index (χ0v) is 10.8. The molecule has 2 heterocycles. The van der Waals surface area contributed by atoms with Gasteiger partial charge in [0.05, 0.1) is 5.69 Å². The highest BCUT2D eigenvalue weighted by atomic mass is 15.2. The number of aryl methyl sites for hydroxylation is 1. The van der Waals surface area contributed by atoms with Crippen LogP contribution in [0, 0.1) is 5.41 Å². The molecule has 0 bridgehead atoms. The summed E-state index contributed by atoms with van der Waals surface area (Å²) in [4.78, 5) is 0. The van der Waals surface area contributed by atoms with Crippen LogP contribution in [0.5, 0.6) is 0 Å². The van der Waals surface area contributed by atoms with Gasteiger partial charge < -0.3 is 5.32 Å². The fourth-order valence-corrected chi connectivity index (χ4v) is 2.76. The zero-order valence-electron chi connectivity index (χ0n) is 10.8. The molecule has 0 saturated carbocycles. The first-order valence-corrected chi connectivity index (χ1v) is 6.49. The summed E-state index contributed by atoms with van der Waals surface area (Å²) < 4.78 is 1.89. The van der Waals surface area contributed by atoms with E-state index in [1.807, 2.05) is 17.9 Å². The maximum Gasteiger partial charge on any atom is 0.0631 e. The number of benzene rings is 1. The van der Waals surface area contributed by atoms with Crippen molar-refractivity contribution >= 4 is 0 Å². The van der Waals surface area contributed by atoms with Gasteiger partial charge in [0.15, 0.2) is 0 Å². The van der Waals surface area contributed by atoms with Crippen LogP contribution in [-0.4, -0.2) is 22.9 Å². The van der Waals surface area contributed by atoms with Crippen molar-refractivity contribution in [3.8, 4) is 0 Å². The highest BCUT2D eigenvalue weighted by Gasteiger charge is 2.37. The van der Waals surface area contributed by atoms with Crippen molar-refractivity contribution in [1.82, 2.24) is 15.1 Å². The van der Waals surface area contributed by atoms with Gasteiger partial charge in [-0.15, -0.1) is 0 Å². The second-order valence-corrected chi connectivity index (χ2v) is 5.42. The molecular weight excluding hydrogens is 222 g/mol. The van der Waals surface area contributed by atoms with Crippen molar-refractivity contribution in [2.45, 2.75) is 12.8 Å². The van der Waals surface area contributed by atoms with Gasteiger partial charge >= 0.3 is 0 Å². The molecule has 3 heteroatoms. The fourth-order valence-electron chi connectivity index (χ4n) is 2.76. The minimum absolute atomic E-state index is 0.357. The molecule has 1 N–H and O–H groups in total. The van der Waals surface area contributed by atoms with Crippen LogP contribution < -0.4 is 5.32 Å². The van der Waals surface area contributed by atoms with Gasteiger partial charge in [0.2, 0.25) is 0 Å². The summed E-state index contributed by atoms with van der Waals surface area (Å²) in [5.74, 6) is 0. The van der Waals surface area contributed by atoms with E-state index in [1.165, 1.54) is 11.3 Å². The predicted octanol–water partition coefficient (Wildman–Crippen LogP) is 1.79. The van der Waals surface area contributed by atoms with Crippen molar-refractivity contribution in [1.29, 1.82) is 0 Å². The number of hydrogen-bond acceptors (Lipinski definition) is 2. The van der Waals surface area contributed by atoms with Crippen LogP contribution in [0.3, 0.4) is 0 Å². The number of hydrogen-bond donors (Lipinski definition) is 1. The van der Waals surface area contributed by atoms with Gasteiger partial charge in [-0.05, 0) is 24.5 Å². The Bertz CT molecular complexity index is 512. The number of nitrogens with one attached hydrogen (secondary N) is 1. The number of rotatable bonds is 4. The Morgan fingerprint density at radius 2 is 1.94 bits per heavy atom. The van der Waals surface area contributed by atoms with Gasteiger partial charge in [-0.25, -0.2) is 0 Å². The topological polar surface area (TPSA) is 29.9 Å². The largest absolute Gasteiger partial charge is 0.315 e. The standard InChI is InChI=1S/C15H19N3/c1-18-8-7-14(17-18)10-15(11-16-12-15)9-13-5-3-2-4-6-13/h2-8,16H,9-12H2,1H3.